The summed E-state index contributed by atoms with van der Waals surface area (Å²) in [7, 11) is 1.77. The molecule has 0 saturated carbocycles. The number of rotatable bonds is 6. The van der Waals surface area contributed by atoms with Crippen molar-refractivity contribution < 1.29 is 9.18 Å². The summed E-state index contributed by atoms with van der Waals surface area (Å²) in [6.07, 6.45) is 5.51. The molecule has 1 saturated heterocycles. The van der Waals surface area contributed by atoms with Crippen LogP contribution in [0.5, 0.6) is 0 Å². The summed E-state index contributed by atoms with van der Waals surface area (Å²) in [4.78, 5) is 20.3. The van der Waals surface area contributed by atoms with E-state index in [9.17, 15) is 9.18 Å². The van der Waals surface area contributed by atoms with Gasteiger partial charge < -0.3 is 4.90 Å². The van der Waals surface area contributed by atoms with Crippen LogP contribution in [0, 0.1) is 11.7 Å². The minimum atomic E-state index is -0.273. The normalized spacial score (nSPS) is 18.2. The zero-order valence-corrected chi connectivity index (χ0v) is 14.5. The first-order chi connectivity index (χ1) is 12.1. The van der Waals surface area contributed by atoms with Crippen molar-refractivity contribution in [3.63, 3.8) is 0 Å². The van der Waals surface area contributed by atoms with Crippen molar-refractivity contribution in [3.05, 3.63) is 48.3 Å². The molecule has 1 aromatic heterocycles. The third kappa shape index (κ3) is 5.09. The van der Waals surface area contributed by atoms with Crippen molar-refractivity contribution >= 4 is 5.91 Å². The van der Waals surface area contributed by atoms with E-state index in [1.807, 2.05) is 10.7 Å². The summed E-state index contributed by atoms with van der Waals surface area (Å²) >= 11 is 0. The third-order valence-corrected chi connectivity index (χ3v) is 4.61. The highest BCUT2D eigenvalue weighted by Crippen LogP contribution is 2.18. The minimum Gasteiger partial charge on any atom is -0.340 e. The number of hydrogen-bond acceptors (Lipinski definition) is 4. The number of likely N-dealkylation sites (N-methyl/N-ethyl adjacent to an activating group) is 1. The number of nitrogens with zero attached hydrogens (tertiary/aromatic N) is 5. The maximum absolute atomic E-state index is 13.3. The van der Waals surface area contributed by atoms with Crippen LogP contribution in [0.1, 0.15) is 18.4 Å². The predicted molar refractivity (Wildman–Crippen MR) is 92.1 cm³/mol. The highest BCUT2D eigenvalue weighted by molar-refractivity contribution is 5.78. The van der Waals surface area contributed by atoms with Gasteiger partial charge in [0, 0.05) is 26.7 Å². The maximum Gasteiger partial charge on any atom is 0.236 e. The largest absolute Gasteiger partial charge is 0.340 e. The Morgan fingerprint density at radius 2 is 2.32 bits per heavy atom. The summed E-state index contributed by atoms with van der Waals surface area (Å²) in [6, 6.07) is 6.39. The Balaban J connectivity index is 1.49. The Kier molecular flexibility index (Phi) is 5.75. The summed E-state index contributed by atoms with van der Waals surface area (Å²) in [5, 5.41) is 4.16. The number of likely N-dealkylation sites (tertiary alicyclic amines) is 1. The van der Waals surface area contributed by atoms with Crippen LogP contribution < -0.4 is 0 Å². The van der Waals surface area contributed by atoms with Crippen LogP contribution in [0.15, 0.2) is 36.9 Å². The second-order valence-electron chi connectivity index (χ2n) is 6.74. The first-order valence-electron chi connectivity index (χ1n) is 8.63. The van der Waals surface area contributed by atoms with Gasteiger partial charge in [-0.3, -0.25) is 14.4 Å². The van der Waals surface area contributed by atoms with E-state index in [2.05, 4.69) is 15.0 Å². The van der Waals surface area contributed by atoms with E-state index in [-0.39, 0.29) is 11.7 Å². The van der Waals surface area contributed by atoms with Gasteiger partial charge in [-0.15, -0.1) is 0 Å². The van der Waals surface area contributed by atoms with Gasteiger partial charge in [0.1, 0.15) is 18.5 Å². The lowest BCUT2D eigenvalue weighted by atomic mass is 9.98. The average molecular weight is 345 g/mol. The molecule has 0 N–H and O–H groups in total. The van der Waals surface area contributed by atoms with E-state index in [1.54, 1.807) is 30.7 Å². The van der Waals surface area contributed by atoms with Gasteiger partial charge in [-0.1, -0.05) is 12.1 Å². The minimum absolute atomic E-state index is 0.0608. The number of benzene rings is 1. The molecule has 7 heteroatoms. The van der Waals surface area contributed by atoms with Crippen molar-refractivity contribution in [1.82, 2.24) is 24.6 Å². The SMILES string of the molecule is CN(Cc1cccc(F)c1)C(=O)CN1CCC[C@@H](Cn2cncn2)C1. The number of hydrogen-bond donors (Lipinski definition) is 0. The van der Waals surface area contributed by atoms with Crippen LogP contribution in [0.25, 0.3) is 0 Å². The predicted octanol–water partition coefficient (Wildman–Crippen LogP) is 1.79. The molecular weight excluding hydrogens is 321 g/mol. The van der Waals surface area contributed by atoms with E-state index in [0.29, 0.717) is 19.0 Å². The Morgan fingerprint density at radius 3 is 3.08 bits per heavy atom. The van der Waals surface area contributed by atoms with E-state index in [1.165, 1.54) is 12.1 Å². The quantitative estimate of drug-likeness (QED) is 0.801. The monoisotopic (exact) mass is 345 g/mol. The van der Waals surface area contributed by atoms with Gasteiger partial charge in [0.25, 0.3) is 0 Å². The molecule has 0 spiro atoms. The fourth-order valence-electron chi connectivity index (χ4n) is 3.34. The highest BCUT2D eigenvalue weighted by atomic mass is 19.1. The highest BCUT2D eigenvalue weighted by Gasteiger charge is 2.23. The molecule has 0 bridgehead atoms. The van der Waals surface area contributed by atoms with Gasteiger partial charge in [0.05, 0.1) is 6.54 Å². The second kappa shape index (κ2) is 8.20. The molecule has 0 radical (unpaired) electrons. The number of carbonyl (C=O) groups is 1. The van der Waals surface area contributed by atoms with Gasteiger partial charge >= 0.3 is 0 Å². The van der Waals surface area contributed by atoms with E-state index in [4.69, 9.17) is 0 Å². The van der Waals surface area contributed by atoms with Crippen molar-refractivity contribution in [2.24, 2.45) is 5.92 Å². The molecule has 1 aromatic carbocycles. The molecule has 1 aliphatic rings. The molecule has 25 heavy (non-hydrogen) atoms. The van der Waals surface area contributed by atoms with Crippen molar-refractivity contribution in [1.29, 1.82) is 0 Å². The lowest BCUT2D eigenvalue weighted by Gasteiger charge is -2.33. The van der Waals surface area contributed by atoms with Crippen LogP contribution in [0.3, 0.4) is 0 Å². The van der Waals surface area contributed by atoms with Gasteiger partial charge in [-0.05, 0) is 43.0 Å². The summed E-state index contributed by atoms with van der Waals surface area (Å²) in [5.74, 6) is 0.271. The van der Waals surface area contributed by atoms with Crippen molar-refractivity contribution in [2.45, 2.75) is 25.9 Å². The Bertz CT molecular complexity index is 691. The molecule has 0 unspecified atom stereocenters. The van der Waals surface area contributed by atoms with Crippen LogP contribution >= 0.6 is 0 Å². The first-order valence-corrected chi connectivity index (χ1v) is 8.63. The average Bonchev–Trinajstić information content (AvgIpc) is 3.08. The fraction of sp³-hybridized carbons (Fsp3) is 0.500. The smallest absolute Gasteiger partial charge is 0.236 e. The molecule has 134 valence electrons. The second-order valence-corrected chi connectivity index (χ2v) is 6.74. The number of amides is 1. The molecule has 1 atom stereocenters. The fourth-order valence-corrected chi connectivity index (χ4v) is 3.34. The van der Waals surface area contributed by atoms with Gasteiger partial charge in [0.2, 0.25) is 5.91 Å². The van der Waals surface area contributed by atoms with Gasteiger partial charge in [-0.2, -0.15) is 5.10 Å². The molecule has 2 heterocycles. The van der Waals surface area contributed by atoms with Crippen LogP contribution in [0.4, 0.5) is 4.39 Å². The zero-order chi connectivity index (χ0) is 17.6. The molecule has 2 aromatic rings. The summed E-state index contributed by atoms with van der Waals surface area (Å²) in [6.45, 7) is 3.49. The molecular formula is C18H24FN5O. The Labute approximate surface area is 147 Å². The lowest BCUT2D eigenvalue weighted by Crippen LogP contribution is -2.43. The third-order valence-electron chi connectivity index (χ3n) is 4.61. The van der Waals surface area contributed by atoms with Gasteiger partial charge in [-0.25, -0.2) is 9.37 Å². The zero-order valence-electron chi connectivity index (χ0n) is 14.5. The summed E-state index contributed by atoms with van der Waals surface area (Å²) < 4.78 is 15.1. The van der Waals surface area contributed by atoms with Gasteiger partial charge in [0.15, 0.2) is 0 Å². The topological polar surface area (TPSA) is 54.3 Å². The van der Waals surface area contributed by atoms with E-state index >= 15 is 0 Å². The van der Waals surface area contributed by atoms with Crippen LogP contribution in [-0.2, 0) is 17.9 Å². The maximum atomic E-state index is 13.3. The lowest BCUT2D eigenvalue weighted by molar-refractivity contribution is -0.132. The van der Waals surface area contributed by atoms with Crippen molar-refractivity contribution in [3.8, 4) is 0 Å². The molecule has 1 fully saturated rings. The summed E-state index contributed by atoms with van der Waals surface area (Å²) in [5.41, 5.74) is 0.804. The molecule has 1 aliphatic heterocycles. The molecule has 0 aliphatic carbocycles. The Morgan fingerprint density at radius 1 is 1.44 bits per heavy atom. The number of aromatic nitrogens is 3. The van der Waals surface area contributed by atoms with Crippen molar-refractivity contribution in [2.75, 3.05) is 26.7 Å². The van der Waals surface area contributed by atoms with Crippen LogP contribution in [-0.4, -0.2) is 57.2 Å². The van der Waals surface area contributed by atoms with E-state index in [0.717, 1.165) is 38.0 Å². The van der Waals surface area contributed by atoms with E-state index < -0.39 is 0 Å². The standard InChI is InChI=1S/C18H24FN5O/c1-22(9-15-4-2-6-17(19)8-15)18(25)12-23-7-3-5-16(10-23)11-24-14-20-13-21-24/h2,4,6,8,13-14,16H,3,5,7,9-12H2,1H3/t16-/m1/s1. The molecule has 3 rings (SSSR count). The Hall–Kier alpha value is -2.28. The molecule has 6 nitrogen and oxygen atoms in total. The molecule has 1 amide bonds. The first kappa shape index (κ1) is 17.5. The number of piperidine rings is 1. The number of carbonyl (C=O) groups excluding carboxylic acids is 1. The number of halogens is 1. The van der Waals surface area contributed by atoms with Crippen LogP contribution in [0.2, 0.25) is 0 Å².